The molecule has 0 fully saturated rings. The zero-order chi connectivity index (χ0) is 19.4. The van der Waals surface area contributed by atoms with Crippen LogP contribution < -0.4 is 5.32 Å². The summed E-state index contributed by atoms with van der Waals surface area (Å²) in [6.45, 7) is 6.62. The van der Waals surface area contributed by atoms with Crippen LogP contribution in [0.25, 0.3) is 0 Å². The lowest BCUT2D eigenvalue weighted by molar-refractivity contribution is 0.102. The minimum Gasteiger partial charge on any atom is -0.296 e. The lowest BCUT2D eigenvalue weighted by Crippen LogP contribution is -2.11. The van der Waals surface area contributed by atoms with Gasteiger partial charge in [-0.2, -0.15) is 0 Å². The Morgan fingerprint density at radius 2 is 1.74 bits per heavy atom. The van der Waals surface area contributed by atoms with Crippen LogP contribution in [-0.2, 0) is 11.2 Å². The SMILES string of the molecule is CC(C)(C)c1ccc(CSc2nnc(NC(=O)c3ccc(Cl)cc3)s2)cc1. The van der Waals surface area contributed by atoms with Crippen molar-refractivity contribution in [1.29, 1.82) is 0 Å². The molecule has 1 aromatic heterocycles. The van der Waals surface area contributed by atoms with Crippen molar-refractivity contribution in [2.45, 2.75) is 36.3 Å². The number of hydrogen-bond donors (Lipinski definition) is 1. The van der Waals surface area contributed by atoms with Crippen molar-refractivity contribution < 1.29 is 4.79 Å². The van der Waals surface area contributed by atoms with Crippen molar-refractivity contribution in [2.24, 2.45) is 0 Å². The van der Waals surface area contributed by atoms with Crippen LogP contribution in [0.15, 0.2) is 52.9 Å². The topological polar surface area (TPSA) is 54.9 Å². The molecule has 27 heavy (non-hydrogen) atoms. The smallest absolute Gasteiger partial charge is 0.257 e. The minimum absolute atomic E-state index is 0.155. The lowest BCUT2D eigenvalue weighted by atomic mass is 9.87. The molecule has 3 rings (SSSR count). The van der Waals surface area contributed by atoms with Gasteiger partial charge in [0.2, 0.25) is 5.13 Å². The molecule has 0 spiro atoms. The molecule has 140 valence electrons. The first-order valence-corrected chi connectivity index (χ1v) is 10.6. The number of anilines is 1. The quantitative estimate of drug-likeness (QED) is 0.406. The van der Waals surface area contributed by atoms with Crippen molar-refractivity contribution >= 4 is 45.7 Å². The highest BCUT2D eigenvalue weighted by Crippen LogP contribution is 2.29. The number of carbonyl (C=O) groups excluding carboxylic acids is 1. The van der Waals surface area contributed by atoms with Crippen molar-refractivity contribution in [2.75, 3.05) is 5.32 Å². The fourth-order valence-electron chi connectivity index (χ4n) is 2.34. The third kappa shape index (κ3) is 5.54. The summed E-state index contributed by atoms with van der Waals surface area (Å²) < 4.78 is 0.821. The van der Waals surface area contributed by atoms with Crippen LogP contribution in [0.3, 0.4) is 0 Å². The zero-order valence-corrected chi connectivity index (χ0v) is 17.7. The number of rotatable bonds is 5. The molecule has 0 atom stereocenters. The molecule has 2 aromatic carbocycles. The molecule has 3 aromatic rings. The summed E-state index contributed by atoms with van der Waals surface area (Å²) in [5, 5.41) is 12.0. The Morgan fingerprint density at radius 3 is 2.37 bits per heavy atom. The van der Waals surface area contributed by atoms with Crippen molar-refractivity contribution in [3.63, 3.8) is 0 Å². The van der Waals surface area contributed by atoms with Crippen LogP contribution in [0.4, 0.5) is 5.13 Å². The number of benzene rings is 2. The van der Waals surface area contributed by atoms with Gasteiger partial charge in [-0.3, -0.25) is 10.1 Å². The number of carbonyl (C=O) groups is 1. The normalized spacial score (nSPS) is 11.4. The van der Waals surface area contributed by atoms with Crippen LogP contribution >= 0.6 is 34.7 Å². The number of aromatic nitrogens is 2. The van der Waals surface area contributed by atoms with Gasteiger partial charge >= 0.3 is 0 Å². The first kappa shape index (κ1) is 19.9. The predicted molar refractivity (Wildman–Crippen MR) is 114 cm³/mol. The summed E-state index contributed by atoms with van der Waals surface area (Å²) in [6, 6.07) is 15.4. The van der Waals surface area contributed by atoms with Gasteiger partial charge in [0.25, 0.3) is 5.91 Å². The molecule has 0 bridgehead atoms. The number of halogens is 1. The van der Waals surface area contributed by atoms with Crippen molar-refractivity contribution in [3.05, 3.63) is 70.2 Å². The van der Waals surface area contributed by atoms with Crippen LogP contribution in [0.2, 0.25) is 5.02 Å². The Hall–Kier alpha value is -1.89. The average Bonchev–Trinajstić information content (AvgIpc) is 3.07. The summed E-state index contributed by atoms with van der Waals surface area (Å²) in [5.41, 5.74) is 3.24. The fraction of sp³-hybridized carbons (Fsp3) is 0.250. The largest absolute Gasteiger partial charge is 0.296 e. The molecule has 0 saturated carbocycles. The van der Waals surface area contributed by atoms with E-state index in [0.717, 1.165) is 10.1 Å². The maximum absolute atomic E-state index is 12.2. The van der Waals surface area contributed by atoms with Gasteiger partial charge in [0, 0.05) is 16.3 Å². The Kier molecular flexibility index (Phi) is 6.19. The van der Waals surface area contributed by atoms with Gasteiger partial charge in [0.1, 0.15) is 0 Å². The van der Waals surface area contributed by atoms with Crippen LogP contribution in [-0.4, -0.2) is 16.1 Å². The molecule has 0 aliphatic carbocycles. The van der Waals surface area contributed by atoms with Gasteiger partial charge in [-0.1, -0.05) is 79.7 Å². The maximum atomic E-state index is 12.2. The van der Waals surface area contributed by atoms with Gasteiger partial charge in [-0.15, -0.1) is 10.2 Å². The summed E-state index contributed by atoms with van der Waals surface area (Å²) in [5.74, 6) is 0.585. The number of hydrogen-bond acceptors (Lipinski definition) is 5. The summed E-state index contributed by atoms with van der Waals surface area (Å²) >= 11 is 8.82. The molecule has 0 aliphatic heterocycles. The number of nitrogens with zero attached hydrogens (tertiary/aromatic N) is 2. The van der Waals surface area contributed by atoms with Gasteiger partial charge in [-0.25, -0.2) is 0 Å². The molecular formula is C20H20ClN3OS2. The molecule has 0 unspecified atom stereocenters. The molecule has 0 aliphatic rings. The molecular weight excluding hydrogens is 398 g/mol. The van der Waals surface area contributed by atoms with Gasteiger partial charge in [0.15, 0.2) is 4.34 Å². The molecule has 1 heterocycles. The van der Waals surface area contributed by atoms with Gasteiger partial charge in [0.05, 0.1) is 0 Å². The van der Waals surface area contributed by atoms with E-state index in [-0.39, 0.29) is 11.3 Å². The van der Waals surface area contributed by atoms with E-state index in [2.05, 4.69) is 60.6 Å². The Morgan fingerprint density at radius 1 is 1.07 bits per heavy atom. The third-order valence-corrected chi connectivity index (χ3v) is 6.21. The first-order valence-electron chi connectivity index (χ1n) is 8.44. The van der Waals surface area contributed by atoms with E-state index < -0.39 is 0 Å². The number of thioether (sulfide) groups is 1. The molecule has 0 radical (unpaired) electrons. The van der Waals surface area contributed by atoms with E-state index >= 15 is 0 Å². The third-order valence-electron chi connectivity index (χ3n) is 3.92. The Balaban J connectivity index is 1.56. The van der Waals surface area contributed by atoms with E-state index in [9.17, 15) is 4.79 Å². The molecule has 1 N–H and O–H groups in total. The van der Waals surface area contributed by atoms with Crippen LogP contribution in [0, 0.1) is 0 Å². The predicted octanol–water partition coefficient (Wildman–Crippen LogP) is 6.03. The summed E-state index contributed by atoms with van der Waals surface area (Å²) in [6.07, 6.45) is 0. The highest BCUT2D eigenvalue weighted by atomic mass is 35.5. The standard InChI is InChI=1S/C20H20ClN3OS2/c1-20(2,3)15-8-4-13(5-9-15)12-26-19-24-23-18(27-19)22-17(25)14-6-10-16(21)11-7-14/h4-11H,12H2,1-3H3,(H,22,23,25). The van der Waals surface area contributed by atoms with Gasteiger partial charge in [-0.05, 0) is 40.8 Å². The minimum atomic E-state index is -0.225. The fourth-order valence-corrected chi connectivity index (χ4v) is 4.16. The van der Waals surface area contributed by atoms with E-state index in [4.69, 9.17) is 11.6 Å². The summed E-state index contributed by atoms with van der Waals surface area (Å²) in [4.78, 5) is 12.2. The highest BCUT2D eigenvalue weighted by molar-refractivity contribution is 8.00. The molecule has 1 amide bonds. The molecule has 4 nitrogen and oxygen atoms in total. The second-order valence-electron chi connectivity index (χ2n) is 7.07. The number of amides is 1. The van der Waals surface area contributed by atoms with Crippen molar-refractivity contribution in [1.82, 2.24) is 10.2 Å². The summed E-state index contributed by atoms with van der Waals surface area (Å²) in [7, 11) is 0. The average molecular weight is 418 g/mol. The van der Waals surface area contributed by atoms with Crippen molar-refractivity contribution in [3.8, 4) is 0 Å². The Labute approximate surface area is 172 Å². The van der Waals surface area contributed by atoms with E-state index in [1.165, 1.54) is 22.5 Å². The molecule has 7 heteroatoms. The van der Waals surface area contributed by atoms with Gasteiger partial charge < -0.3 is 0 Å². The van der Waals surface area contributed by atoms with E-state index in [0.29, 0.717) is 15.7 Å². The highest BCUT2D eigenvalue weighted by Gasteiger charge is 2.13. The maximum Gasteiger partial charge on any atom is 0.257 e. The first-order chi connectivity index (χ1) is 12.8. The van der Waals surface area contributed by atoms with Crippen LogP contribution in [0.1, 0.15) is 42.3 Å². The van der Waals surface area contributed by atoms with E-state index in [1.807, 2.05) is 0 Å². The molecule has 0 saturated heterocycles. The zero-order valence-electron chi connectivity index (χ0n) is 15.3. The number of nitrogens with one attached hydrogen (secondary N) is 1. The van der Waals surface area contributed by atoms with E-state index in [1.54, 1.807) is 36.0 Å². The second kappa shape index (κ2) is 8.42. The Bertz CT molecular complexity index is 916. The monoisotopic (exact) mass is 417 g/mol. The second-order valence-corrected chi connectivity index (χ2v) is 9.71. The lowest BCUT2D eigenvalue weighted by Gasteiger charge is -2.19. The van der Waals surface area contributed by atoms with Crippen LogP contribution in [0.5, 0.6) is 0 Å².